The Kier molecular flexibility index (Phi) is 10.0. The van der Waals surface area contributed by atoms with Crippen LogP contribution in [0.25, 0.3) is 0 Å². The summed E-state index contributed by atoms with van der Waals surface area (Å²) in [6, 6.07) is 14.4. The van der Waals surface area contributed by atoms with Crippen LogP contribution in [-0.2, 0) is 21.9 Å². The summed E-state index contributed by atoms with van der Waals surface area (Å²) in [5.41, 5.74) is 1.87. The van der Waals surface area contributed by atoms with Gasteiger partial charge in [-0.25, -0.2) is 0 Å². The molecule has 0 bridgehead atoms. The van der Waals surface area contributed by atoms with Crippen molar-refractivity contribution in [2.45, 2.75) is 51.6 Å². The first-order chi connectivity index (χ1) is 14.3. The van der Waals surface area contributed by atoms with E-state index in [1.807, 2.05) is 56.3 Å². The van der Waals surface area contributed by atoms with Crippen molar-refractivity contribution in [3.8, 4) is 0 Å². The Labute approximate surface area is 193 Å². The first-order valence-corrected chi connectivity index (χ1v) is 11.9. The standard InChI is InChI=1S/C23H28Cl2N2O2S/c1-4-16(2)26-23(29)17(3)27(13-19-9-5-6-11-21(19)25)22(28)15-30-14-18-8-7-10-20(24)12-18/h5-12,16-17H,4,13-15H2,1-3H3,(H,26,29)/t16-,17+/m0/s1. The monoisotopic (exact) mass is 466 g/mol. The van der Waals surface area contributed by atoms with Crippen LogP contribution in [0.2, 0.25) is 10.0 Å². The first-order valence-electron chi connectivity index (χ1n) is 9.97. The average Bonchev–Trinajstić information content (AvgIpc) is 2.72. The fourth-order valence-corrected chi connectivity index (χ4v) is 4.09. The van der Waals surface area contributed by atoms with Gasteiger partial charge in [0, 0.05) is 28.4 Å². The van der Waals surface area contributed by atoms with Crippen molar-refractivity contribution >= 4 is 46.8 Å². The number of halogens is 2. The molecule has 0 aromatic heterocycles. The molecule has 2 atom stereocenters. The number of rotatable bonds is 10. The summed E-state index contributed by atoms with van der Waals surface area (Å²) in [6.45, 7) is 6.00. The van der Waals surface area contributed by atoms with Crippen LogP contribution in [0.1, 0.15) is 38.3 Å². The van der Waals surface area contributed by atoms with E-state index in [9.17, 15) is 9.59 Å². The summed E-state index contributed by atoms with van der Waals surface area (Å²) < 4.78 is 0. The van der Waals surface area contributed by atoms with Gasteiger partial charge < -0.3 is 10.2 Å². The van der Waals surface area contributed by atoms with Gasteiger partial charge in [-0.3, -0.25) is 9.59 Å². The molecule has 0 spiro atoms. The third kappa shape index (κ3) is 7.53. The number of benzene rings is 2. The summed E-state index contributed by atoms with van der Waals surface area (Å²) in [5.74, 6) is 0.663. The molecule has 0 unspecified atom stereocenters. The maximum Gasteiger partial charge on any atom is 0.242 e. The van der Waals surface area contributed by atoms with Gasteiger partial charge >= 0.3 is 0 Å². The van der Waals surface area contributed by atoms with Gasteiger partial charge in [0.25, 0.3) is 0 Å². The highest BCUT2D eigenvalue weighted by atomic mass is 35.5. The van der Waals surface area contributed by atoms with Gasteiger partial charge in [0.05, 0.1) is 5.75 Å². The second-order valence-electron chi connectivity index (χ2n) is 7.23. The van der Waals surface area contributed by atoms with Gasteiger partial charge in [-0.2, -0.15) is 0 Å². The molecule has 0 heterocycles. The molecule has 0 aliphatic rings. The van der Waals surface area contributed by atoms with E-state index >= 15 is 0 Å². The summed E-state index contributed by atoms with van der Waals surface area (Å²) in [7, 11) is 0. The maximum absolute atomic E-state index is 13.1. The molecule has 162 valence electrons. The Morgan fingerprint density at radius 1 is 1.10 bits per heavy atom. The van der Waals surface area contributed by atoms with Gasteiger partial charge in [0.1, 0.15) is 6.04 Å². The van der Waals surface area contributed by atoms with E-state index < -0.39 is 6.04 Å². The van der Waals surface area contributed by atoms with Crippen molar-refractivity contribution < 1.29 is 9.59 Å². The fraction of sp³-hybridized carbons (Fsp3) is 0.391. The zero-order chi connectivity index (χ0) is 22.1. The van der Waals surface area contributed by atoms with E-state index in [-0.39, 0.29) is 30.2 Å². The molecule has 0 fully saturated rings. The van der Waals surface area contributed by atoms with Crippen LogP contribution in [0.15, 0.2) is 48.5 Å². The summed E-state index contributed by atoms with van der Waals surface area (Å²) in [4.78, 5) is 27.4. The number of hydrogen-bond donors (Lipinski definition) is 1. The van der Waals surface area contributed by atoms with E-state index in [0.717, 1.165) is 17.5 Å². The molecule has 30 heavy (non-hydrogen) atoms. The number of thioether (sulfide) groups is 1. The molecule has 0 aliphatic heterocycles. The predicted octanol–water partition coefficient (Wildman–Crippen LogP) is 5.56. The largest absolute Gasteiger partial charge is 0.352 e. The van der Waals surface area contributed by atoms with Crippen LogP contribution in [0.3, 0.4) is 0 Å². The van der Waals surface area contributed by atoms with Crippen LogP contribution in [0.5, 0.6) is 0 Å². The van der Waals surface area contributed by atoms with Crippen LogP contribution in [0, 0.1) is 0 Å². The molecule has 0 saturated carbocycles. The third-order valence-electron chi connectivity index (χ3n) is 4.85. The lowest BCUT2D eigenvalue weighted by Crippen LogP contribution is -2.50. The number of nitrogens with one attached hydrogen (secondary N) is 1. The summed E-state index contributed by atoms with van der Waals surface area (Å²) >= 11 is 13.8. The highest BCUT2D eigenvalue weighted by Gasteiger charge is 2.27. The molecule has 1 N–H and O–H groups in total. The van der Waals surface area contributed by atoms with Crippen molar-refractivity contribution in [1.29, 1.82) is 0 Å². The van der Waals surface area contributed by atoms with E-state index in [2.05, 4.69) is 5.32 Å². The van der Waals surface area contributed by atoms with E-state index in [1.165, 1.54) is 11.8 Å². The molecule has 0 saturated heterocycles. The number of hydrogen-bond acceptors (Lipinski definition) is 3. The fourth-order valence-electron chi connectivity index (χ4n) is 2.82. The van der Waals surface area contributed by atoms with Crippen LogP contribution >= 0.6 is 35.0 Å². The van der Waals surface area contributed by atoms with Crippen molar-refractivity contribution in [3.63, 3.8) is 0 Å². The Bertz CT molecular complexity index is 863. The molecule has 2 aromatic rings. The minimum atomic E-state index is -0.602. The van der Waals surface area contributed by atoms with Gasteiger partial charge in [-0.05, 0) is 49.6 Å². The van der Waals surface area contributed by atoms with E-state index in [4.69, 9.17) is 23.2 Å². The Morgan fingerprint density at radius 2 is 1.83 bits per heavy atom. The molecule has 2 rings (SSSR count). The lowest BCUT2D eigenvalue weighted by atomic mass is 10.1. The average molecular weight is 467 g/mol. The summed E-state index contributed by atoms with van der Waals surface area (Å²) in [5, 5.41) is 4.22. The molecule has 2 amide bonds. The Hall–Kier alpha value is -1.69. The third-order valence-corrected chi connectivity index (χ3v) is 6.44. The molecular formula is C23H28Cl2N2O2S. The Balaban J connectivity index is 2.09. The number of carbonyl (C=O) groups excluding carboxylic acids is 2. The minimum absolute atomic E-state index is 0.0504. The quantitative estimate of drug-likeness (QED) is 0.498. The molecule has 2 aromatic carbocycles. The van der Waals surface area contributed by atoms with E-state index in [1.54, 1.807) is 17.9 Å². The molecule has 4 nitrogen and oxygen atoms in total. The SMILES string of the molecule is CC[C@H](C)NC(=O)[C@@H](C)N(Cc1ccccc1Cl)C(=O)CSCc1cccc(Cl)c1. The predicted molar refractivity (Wildman–Crippen MR) is 127 cm³/mol. The van der Waals surface area contributed by atoms with Crippen LogP contribution in [0.4, 0.5) is 0 Å². The van der Waals surface area contributed by atoms with Crippen LogP contribution < -0.4 is 5.32 Å². The zero-order valence-corrected chi connectivity index (χ0v) is 19.9. The lowest BCUT2D eigenvalue weighted by Gasteiger charge is -2.30. The topological polar surface area (TPSA) is 49.4 Å². The number of nitrogens with zero attached hydrogens (tertiary/aromatic N) is 1. The normalized spacial score (nSPS) is 12.8. The lowest BCUT2D eigenvalue weighted by molar-refractivity contribution is -0.138. The molecule has 7 heteroatoms. The molecule has 0 radical (unpaired) electrons. The number of amides is 2. The minimum Gasteiger partial charge on any atom is -0.352 e. The highest BCUT2D eigenvalue weighted by Crippen LogP contribution is 2.21. The van der Waals surface area contributed by atoms with Gasteiger partial charge in [0.15, 0.2) is 0 Å². The Morgan fingerprint density at radius 3 is 2.50 bits per heavy atom. The maximum atomic E-state index is 13.1. The van der Waals surface area contributed by atoms with Crippen LogP contribution in [-0.4, -0.2) is 34.6 Å². The number of carbonyl (C=O) groups is 2. The van der Waals surface area contributed by atoms with Gasteiger partial charge in [0.2, 0.25) is 11.8 Å². The summed E-state index contributed by atoms with van der Waals surface area (Å²) in [6.07, 6.45) is 0.826. The zero-order valence-electron chi connectivity index (χ0n) is 17.5. The smallest absolute Gasteiger partial charge is 0.242 e. The van der Waals surface area contributed by atoms with E-state index in [0.29, 0.717) is 15.8 Å². The molecular weight excluding hydrogens is 439 g/mol. The van der Waals surface area contributed by atoms with Crippen molar-refractivity contribution in [3.05, 3.63) is 69.7 Å². The first kappa shape index (κ1) is 24.6. The van der Waals surface area contributed by atoms with Crippen molar-refractivity contribution in [1.82, 2.24) is 10.2 Å². The second-order valence-corrected chi connectivity index (χ2v) is 9.06. The molecule has 0 aliphatic carbocycles. The van der Waals surface area contributed by atoms with Crippen molar-refractivity contribution in [2.75, 3.05) is 5.75 Å². The van der Waals surface area contributed by atoms with Gasteiger partial charge in [-0.1, -0.05) is 60.5 Å². The highest BCUT2D eigenvalue weighted by molar-refractivity contribution is 7.99. The second kappa shape index (κ2) is 12.2. The van der Waals surface area contributed by atoms with Gasteiger partial charge in [-0.15, -0.1) is 11.8 Å². The van der Waals surface area contributed by atoms with Crippen molar-refractivity contribution in [2.24, 2.45) is 0 Å².